The number of hydrogen-bond acceptors (Lipinski definition) is 3. The van der Waals surface area contributed by atoms with Gasteiger partial charge in [-0.05, 0) is 46.2 Å². The van der Waals surface area contributed by atoms with E-state index >= 15 is 0 Å². The molecule has 0 fully saturated rings. The topological polar surface area (TPSA) is 60.2 Å². The minimum atomic E-state index is -3.67. The minimum absolute atomic E-state index is 0.111. The van der Waals surface area contributed by atoms with Crippen LogP contribution in [0.1, 0.15) is 0 Å². The zero-order chi connectivity index (χ0) is 15.7. The second-order valence-corrected chi connectivity index (χ2v) is 7.52. The first-order valence-corrected chi connectivity index (χ1v) is 9.27. The van der Waals surface area contributed by atoms with Crippen molar-refractivity contribution in [2.45, 2.75) is 4.90 Å². The predicted molar refractivity (Wildman–Crippen MR) is 91.6 cm³/mol. The van der Waals surface area contributed by atoms with E-state index in [4.69, 9.17) is 16.7 Å². The zero-order valence-electron chi connectivity index (χ0n) is 11.4. The van der Waals surface area contributed by atoms with Crippen LogP contribution >= 0.6 is 22.9 Å². The molecule has 0 aliphatic rings. The molecule has 1 heterocycles. The maximum Gasteiger partial charge on any atom is 0.238 e. The lowest BCUT2D eigenvalue weighted by molar-refractivity contribution is 0.598. The lowest BCUT2D eigenvalue weighted by Gasteiger charge is -2.06. The van der Waals surface area contributed by atoms with Crippen LogP contribution in [0.25, 0.3) is 22.3 Å². The largest absolute Gasteiger partial charge is 0.238 e. The van der Waals surface area contributed by atoms with Gasteiger partial charge in [0.05, 0.1) is 4.90 Å². The molecule has 112 valence electrons. The number of rotatable bonds is 3. The van der Waals surface area contributed by atoms with E-state index in [1.807, 2.05) is 29.6 Å². The molecule has 0 aliphatic heterocycles. The van der Waals surface area contributed by atoms with Gasteiger partial charge >= 0.3 is 0 Å². The van der Waals surface area contributed by atoms with Crippen LogP contribution in [0.15, 0.2) is 64.2 Å². The van der Waals surface area contributed by atoms with Gasteiger partial charge < -0.3 is 0 Å². The second kappa shape index (κ2) is 5.85. The van der Waals surface area contributed by atoms with Crippen LogP contribution in [0.5, 0.6) is 0 Å². The molecule has 3 aromatic rings. The number of benzene rings is 2. The fraction of sp³-hybridized carbons (Fsp3) is 0. The molecule has 0 radical (unpaired) electrons. The third-order valence-electron chi connectivity index (χ3n) is 3.31. The Morgan fingerprint density at radius 3 is 1.73 bits per heavy atom. The molecular formula is C16H12ClNO2S2. The predicted octanol–water partition coefficient (Wildman–Crippen LogP) is 4.38. The Morgan fingerprint density at radius 1 is 0.818 bits per heavy atom. The Hall–Kier alpha value is -1.66. The third-order valence-corrected chi connectivity index (χ3v) is 5.24. The molecule has 3 nitrogen and oxygen atoms in total. The lowest BCUT2D eigenvalue weighted by atomic mass is 9.99. The molecular weight excluding hydrogens is 338 g/mol. The number of thiophene rings is 1. The summed E-state index contributed by atoms with van der Waals surface area (Å²) in [5.74, 6) is 0. The van der Waals surface area contributed by atoms with E-state index in [9.17, 15) is 8.42 Å². The van der Waals surface area contributed by atoms with Crippen molar-refractivity contribution in [3.63, 3.8) is 0 Å². The van der Waals surface area contributed by atoms with Gasteiger partial charge in [0.1, 0.15) is 0 Å². The van der Waals surface area contributed by atoms with E-state index in [2.05, 4.69) is 5.38 Å². The molecule has 22 heavy (non-hydrogen) atoms. The molecule has 0 unspecified atom stereocenters. The van der Waals surface area contributed by atoms with Crippen molar-refractivity contribution in [3.05, 3.63) is 64.3 Å². The van der Waals surface area contributed by atoms with Crippen LogP contribution in [0, 0.1) is 0 Å². The van der Waals surface area contributed by atoms with E-state index in [0.717, 1.165) is 22.3 Å². The molecule has 2 aromatic carbocycles. The van der Waals surface area contributed by atoms with Gasteiger partial charge in [0.25, 0.3) is 0 Å². The first-order chi connectivity index (χ1) is 10.4. The SMILES string of the molecule is NS(=O)(=O)c1ccc(-c2cscc2-c2ccc(Cl)cc2)cc1. The molecule has 6 heteroatoms. The average molecular weight is 350 g/mol. The molecule has 0 saturated heterocycles. The summed E-state index contributed by atoms with van der Waals surface area (Å²) in [5.41, 5.74) is 4.15. The fourth-order valence-electron chi connectivity index (χ4n) is 2.20. The normalized spacial score (nSPS) is 11.5. The van der Waals surface area contributed by atoms with Gasteiger partial charge in [-0.2, -0.15) is 11.3 Å². The Kier molecular flexibility index (Phi) is 4.06. The Labute approximate surface area is 138 Å². The quantitative estimate of drug-likeness (QED) is 0.762. The molecule has 0 saturated carbocycles. The molecule has 0 atom stereocenters. The Balaban J connectivity index is 2.03. The van der Waals surface area contributed by atoms with E-state index in [0.29, 0.717) is 5.02 Å². The summed E-state index contributed by atoms with van der Waals surface area (Å²) in [5, 5.41) is 9.91. The Morgan fingerprint density at radius 2 is 1.27 bits per heavy atom. The van der Waals surface area contributed by atoms with E-state index in [-0.39, 0.29) is 4.90 Å². The van der Waals surface area contributed by atoms with E-state index in [1.54, 1.807) is 23.5 Å². The number of hydrogen-bond donors (Lipinski definition) is 1. The second-order valence-electron chi connectivity index (χ2n) is 4.78. The van der Waals surface area contributed by atoms with Crippen LogP contribution in [0.3, 0.4) is 0 Å². The van der Waals surface area contributed by atoms with Gasteiger partial charge in [-0.15, -0.1) is 0 Å². The van der Waals surface area contributed by atoms with Crippen LogP contribution in [0.2, 0.25) is 5.02 Å². The molecule has 1 aromatic heterocycles. The Bertz CT molecular complexity index is 898. The molecule has 0 aliphatic carbocycles. The molecule has 3 rings (SSSR count). The van der Waals surface area contributed by atoms with Crippen LogP contribution < -0.4 is 5.14 Å². The summed E-state index contributed by atoms with van der Waals surface area (Å²) in [6.45, 7) is 0. The van der Waals surface area contributed by atoms with Crippen molar-refractivity contribution >= 4 is 33.0 Å². The van der Waals surface area contributed by atoms with Crippen molar-refractivity contribution in [1.82, 2.24) is 0 Å². The highest BCUT2D eigenvalue weighted by Gasteiger charge is 2.11. The summed E-state index contributed by atoms with van der Waals surface area (Å²) in [7, 11) is -3.67. The van der Waals surface area contributed by atoms with Crippen molar-refractivity contribution in [3.8, 4) is 22.3 Å². The van der Waals surface area contributed by atoms with Crippen LogP contribution in [-0.4, -0.2) is 8.42 Å². The maximum atomic E-state index is 11.3. The van der Waals surface area contributed by atoms with Gasteiger partial charge in [0.2, 0.25) is 10.0 Å². The summed E-state index contributed by atoms with van der Waals surface area (Å²) >= 11 is 7.52. The molecule has 0 spiro atoms. The van der Waals surface area contributed by atoms with Gasteiger partial charge in [0, 0.05) is 16.1 Å². The lowest BCUT2D eigenvalue weighted by Crippen LogP contribution is -2.11. The monoisotopic (exact) mass is 349 g/mol. The van der Waals surface area contributed by atoms with E-state index < -0.39 is 10.0 Å². The van der Waals surface area contributed by atoms with Crippen molar-refractivity contribution in [1.29, 1.82) is 0 Å². The molecule has 0 amide bonds. The smallest absolute Gasteiger partial charge is 0.225 e. The standard InChI is InChI=1S/C16H12ClNO2S2/c17-13-5-1-11(2-6-13)15-9-21-10-16(15)12-3-7-14(8-4-12)22(18,19)20/h1-10H,(H2,18,19,20). The number of nitrogens with two attached hydrogens (primary N) is 1. The van der Waals surface area contributed by atoms with Crippen molar-refractivity contribution in [2.75, 3.05) is 0 Å². The number of halogens is 1. The van der Waals surface area contributed by atoms with Gasteiger partial charge in [-0.25, -0.2) is 13.6 Å². The van der Waals surface area contributed by atoms with Gasteiger partial charge in [-0.3, -0.25) is 0 Å². The highest BCUT2D eigenvalue weighted by atomic mass is 35.5. The fourth-order valence-corrected chi connectivity index (χ4v) is 3.71. The highest BCUT2D eigenvalue weighted by molar-refractivity contribution is 7.89. The van der Waals surface area contributed by atoms with Gasteiger partial charge in [0.15, 0.2) is 0 Å². The number of sulfonamides is 1. The van der Waals surface area contributed by atoms with Crippen molar-refractivity contribution < 1.29 is 8.42 Å². The van der Waals surface area contributed by atoms with Gasteiger partial charge in [-0.1, -0.05) is 35.9 Å². The third kappa shape index (κ3) is 3.08. The first-order valence-electron chi connectivity index (χ1n) is 6.40. The minimum Gasteiger partial charge on any atom is -0.225 e. The molecule has 0 bridgehead atoms. The summed E-state index contributed by atoms with van der Waals surface area (Å²) in [6.07, 6.45) is 0. The number of primary sulfonamides is 1. The molecule has 2 N–H and O–H groups in total. The van der Waals surface area contributed by atoms with E-state index in [1.165, 1.54) is 12.1 Å². The van der Waals surface area contributed by atoms with Crippen LogP contribution in [0.4, 0.5) is 0 Å². The van der Waals surface area contributed by atoms with Crippen LogP contribution in [-0.2, 0) is 10.0 Å². The summed E-state index contributed by atoms with van der Waals surface area (Å²) in [4.78, 5) is 0.111. The zero-order valence-corrected chi connectivity index (χ0v) is 13.8. The first kappa shape index (κ1) is 15.2. The highest BCUT2D eigenvalue weighted by Crippen LogP contribution is 2.35. The maximum absolute atomic E-state index is 11.3. The average Bonchev–Trinajstić information content (AvgIpc) is 2.97. The summed E-state index contributed by atoms with van der Waals surface area (Å²) < 4.78 is 22.6. The summed E-state index contributed by atoms with van der Waals surface area (Å²) in [6, 6.07) is 14.2. The van der Waals surface area contributed by atoms with Crippen molar-refractivity contribution in [2.24, 2.45) is 5.14 Å².